The van der Waals surface area contributed by atoms with Crippen molar-refractivity contribution < 1.29 is 13.2 Å². The topological polar surface area (TPSA) is 66.5 Å². The van der Waals surface area contributed by atoms with Crippen molar-refractivity contribution in [2.75, 3.05) is 19.6 Å². The van der Waals surface area contributed by atoms with Crippen molar-refractivity contribution in [2.24, 2.45) is 0 Å². The highest BCUT2D eigenvalue weighted by atomic mass is 79.9. The average Bonchev–Trinajstić information content (AvgIpc) is 2.61. The second-order valence-electron chi connectivity index (χ2n) is 7.48. The summed E-state index contributed by atoms with van der Waals surface area (Å²) in [5.74, 6) is -0.0581. The molecule has 1 aromatic carbocycles. The van der Waals surface area contributed by atoms with Gasteiger partial charge < -0.3 is 5.32 Å². The van der Waals surface area contributed by atoms with Crippen LogP contribution in [0.4, 0.5) is 0 Å². The van der Waals surface area contributed by atoms with Gasteiger partial charge in [0.1, 0.15) is 0 Å². The lowest BCUT2D eigenvalue weighted by molar-refractivity contribution is -0.127. The summed E-state index contributed by atoms with van der Waals surface area (Å²) in [6.45, 7) is 7.37. The maximum absolute atomic E-state index is 12.9. The molecule has 1 fully saturated rings. The van der Waals surface area contributed by atoms with Crippen LogP contribution in [0.1, 0.15) is 46.5 Å². The van der Waals surface area contributed by atoms with Gasteiger partial charge in [0.25, 0.3) is 0 Å². The number of amides is 1. The van der Waals surface area contributed by atoms with Crippen LogP contribution in [0.5, 0.6) is 0 Å². The van der Waals surface area contributed by atoms with Crippen LogP contribution in [-0.4, -0.2) is 49.6 Å². The number of piperidine rings is 1. The second-order valence-corrected chi connectivity index (χ2v) is 11.0. The number of halogens is 1. The molecule has 0 saturated carbocycles. The van der Waals surface area contributed by atoms with Crippen molar-refractivity contribution in [1.82, 2.24) is 10.2 Å². The molecule has 5 nitrogen and oxygen atoms in total. The predicted octanol–water partition coefficient (Wildman–Crippen LogP) is 3.38. The van der Waals surface area contributed by atoms with E-state index in [-0.39, 0.29) is 23.4 Å². The molecule has 0 aromatic heterocycles. The van der Waals surface area contributed by atoms with Gasteiger partial charge in [-0.3, -0.25) is 9.69 Å². The smallest absolute Gasteiger partial charge is 0.237 e. The Kier molecular flexibility index (Phi) is 7.27. The van der Waals surface area contributed by atoms with Crippen molar-refractivity contribution in [3.8, 4) is 0 Å². The van der Waals surface area contributed by atoms with E-state index in [0.29, 0.717) is 0 Å². The Balaban J connectivity index is 2.06. The molecule has 1 N–H and O–H groups in total. The molecular weight excluding hydrogens is 416 g/mol. The van der Waals surface area contributed by atoms with Crippen molar-refractivity contribution in [2.45, 2.75) is 62.1 Å². The molecule has 146 valence electrons. The van der Waals surface area contributed by atoms with Crippen LogP contribution in [0.2, 0.25) is 0 Å². The maximum atomic E-state index is 12.9. The van der Waals surface area contributed by atoms with E-state index in [4.69, 9.17) is 0 Å². The number of benzene rings is 1. The second kappa shape index (κ2) is 8.85. The van der Waals surface area contributed by atoms with E-state index in [9.17, 15) is 13.2 Å². The maximum Gasteiger partial charge on any atom is 0.237 e. The number of nitrogens with zero attached hydrogens (tertiary/aromatic N) is 1. The Bertz CT molecular complexity index is 715. The van der Waals surface area contributed by atoms with Crippen LogP contribution in [0.3, 0.4) is 0 Å². The minimum atomic E-state index is -3.55. The fraction of sp³-hybridized carbons (Fsp3) is 0.632. The summed E-state index contributed by atoms with van der Waals surface area (Å²) in [7, 11) is -3.55. The SMILES string of the molecule is CCCN1CCCCC1C(=O)NCC(C)(C)S(=O)(=O)c1ccc(Br)cc1. The molecule has 1 aliphatic rings. The number of carbonyl (C=O) groups is 1. The lowest BCUT2D eigenvalue weighted by atomic mass is 10.0. The highest BCUT2D eigenvalue weighted by Gasteiger charge is 2.37. The Morgan fingerprint density at radius 3 is 2.54 bits per heavy atom. The zero-order valence-electron chi connectivity index (χ0n) is 15.8. The Hall–Kier alpha value is -0.920. The first kappa shape index (κ1) is 21.4. The summed E-state index contributed by atoms with van der Waals surface area (Å²) >= 11 is 3.32. The quantitative estimate of drug-likeness (QED) is 0.699. The normalized spacial score (nSPS) is 19.3. The molecule has 1 heterocycles. The van der Waals surface area contributed by atoms with Crippen LogP contribution in [0.25, 0.3) is 0 Å². The monoisotopic (exact) mass is 444 g/mol. The van der Waals surface area contributed by atoms with Crippen molar-refractivity contribution >= 4 is 31.7 Å². The van der Waals surface area contributed by atoms with Gasteiger partial charge in [0.15, 0.2) is 9.84 Å². The van der Waals surface area contributed by atoms with E-state index in [1.807, 2.05) is 0 Å². The highest BCUT2D eigenvalue weighted by molar-refractivity contribution is 9.10. The van der Waals surface area contributed by atoms with Crippen molar-refractivity contribution in [3.63, 3.8) is 0 Å². The third-order valence-electron chi connectivity index (χ3n) is 4.97. The fourth-order valence-corrected chi connectivity index (χ4v) is 4.95. The van der Waals surface area contributed by atoms with E-state index >= 15 is 0 Å². The van der Waals surface area contributed by atoms with Gasteiger partial charge in [-0.05, 0) is 70.5 Å². The average molecular weight is 445 g/mol. The molecule has 1 amide bonds. The summed E-state index contributed by atoms with van der Waals surface area (Å²) in [6.07, 6.45) is 4.01. The minimum absolute atomic E-state index is 0.0581. The van der Waals surface area contributed by atoms with E-state index < -0.39 is 14.6 Å². The molecule has 1 saturated heterocycles. The summed E-state index contributed by atoms with van der Waals surface area (Å²) in [6, 6.07) is 6.47. The third-order valence-corrected chi connectivity index (χ3v) is 7.99. The van der Waals surface area contributed by atoms with Gasteiger partial charge in [-0.25, -0.2) is 8.42 Å². The van der Waals surface area contributed by atoms with Gasteiger partial charge in [-0.2, -0.15) is 0 Å². The summed E-state index contributed by atoms with van der Waals surface area (Å²) in [5.41, 5.74) is 0. The highest BCUT2D eigenvalue weighted by Crippen LogP contribution is 2.26. The lowest BCUT2D eigenvalue weighted by Crippen LogP contribution is -2.53. The van der Waals surface area contributed by atoms with Crippen LogP contribution in [0, 0.1) is 0 Å². The third kappa shape index (κ3) is 4.87. The van der Waals surface area contributed by atoms with Crippen LogP contribution in [0.15, 0.2) is 33.6 Å². The molecule has 0 bridgehead atoms. The van der Waals surface area contributed by atoms with Crippen molar-refractivity contribution in [3.05, 3.63) is 28.7 Å². The van der Waals surface area contributed by atoms with Crippen molar-refractivity contribution in [1.29, 1.82) is 0 Å². The molecule has 0 spiro atoms. The van der Waals surface area contributed by atoms with Gasteiger partial charge in [0.2, 0.25) is 5.91 Å². The molecule has 0 aliphatic carbocycles. The van der Waals surface area contributed by atoms with Gasteiger partial charge >= 0.3 is 0 Å². The van der Waals surface area contributed by atoms with Crippen LogP contribution in [-0.2, 0) is 14.6 Å². The van der Waals surface area contributed by atoms with E-state index in [1.165, 1.54) is 0 Å². The first-order chi connectivity index (χ1) is 12.2. The molecule has 26 heavy (non-hydrogen) atoms. The van der Waals surface area contributed by atoms with E-state index in [0.717, 1.165) is 43.2 Å². The number of sulfone groups is 1. The van der Waals surface area contributed by atoms with Gasteiger partial charge in [0.05, 0.1) is 15.7 Å². The van der Waals surface area contributed by atoms with E-state index in [1.54, 1.807) is 38.1 Å². The number of hydrogen-bond acceptors (Lipinski definition) is 4. The number of hydrogen-bond donors (Lipinski definition) is 1. The molecule has 1 unspecified atom stereocenters. The zero-order chi connectivity index (χ0) is 19.4. The number of carbonyl (C=O) groups excluding carboxylic acids is 1. The minimum Gasteiger partial charge on any atom is -0.353 e. The first-order valence-corrected chi connectivity index (χ1v) is 11.5. The Morgan fingerprint density at radius 2 is 1.92 bits per heavy atom. The number of nitrogens with one attached hydrogen (secondary N) is 1. The standard InChI is InChI=1S/C19H29BrN2O3S/c1-4-12-22-13-6-5-7-17(22)18(23)21-14-19(2,3)26(24,25)16-10-8-15(20)9-11-16/h8-11,17H,4-7,12-14H2,1-3H3,(H,21,23). The first-order valence-electron chi connectivity index (χ1n) is 9.21. The van der Waals surface area contributed by atoms with Crippen LogP contribution >= 0.6 is 15.9 Å². The molecular formula is C19H29BrN2O3S. The van der Waals surface area contributed by atoms with Crippen LogP contribution < -0.4 is 5.32 Å². The summed E-state index contributed by atoms with van der Waals surface area (Å²) in [5, 5.41) is 2.90. The van der Waals surface area contributed by atoms with Gasteiger partial charge in [-0.15, -0.1) is 0 Å². The fourth-order valence-electron chi connectivity index (χ4n) is 3.29. The summed E-state index contributed by atoms with van der Waals surface area (Å²) in [4.78, 5) is 15.2. The van der Waals surface area contributed by atoms with E-state index in [2.05, 4.69) is 33.1 Å². The molecule has 0 radical (unpaired) electrons. The Labute approximate surface area is 165 Å². The van der Waals surface area contributed by atoms with Gasteiger partial charge in [0, 0.05) is 11.0 Å². The number of rotatable bonds is 7. The molecule has 1 aliphatic heterocycles. The predicted molar refractivity (Wildman–Crippen MR) is 108 cm³/mol. The van der Waals surface area contributed by atoms with Gasteiger partial charge in [-0.1, -0.05) is 29.3 Å². The molecule has 7 heteroatoms. The molecule has 1 aromatic rings. The Morgan fingerprint density at radius 1 is 1.27 bits per heavy atom. The largest absolute Gasteiger partial charge is 0.353 e. The molecule has 1 atom stereocenters. The molecule has 2 rings (SSSR count). The zero-order valence-corrected chi connectivity index (χ0v) is 18.2. The lowest BCUT2D eigenvalue weighted by Gasteiger charge is -2.35. The summed E-state index contributed by atoms with van der Waals surface area (Å²) < 4.78 is 25.6. The number of likely N-dealkylation sites (tertiary alicyclic amines) is 1.